The second-order valence-corrected chi connectivity index (χ2v) is 5.20. The van der Waals surface area contributed by atoms with E-state index < -0.39 is 0 Å². The second-order valence-electron chi connectivity index (χ2n) is 5.20. The van der Waals surface area contributed by atoms with Crippen molar-refractivity contribution < 1.29 is 4.74 Å². The highest BCUT2D eigenvalue weighted by molar-refractivity contribution is 5.22. The lowest BCUT2D eigenvalue weighted by atomic mass is 10.1. The predicted octanol–water partition coefficient (Wildman–Crippen LogP) is 1.66. The zero-order chi connectivity index (χ0) is 12.8. The normalized spacial score (nSPS) is 20.4. The van der Waals surface area contributed by atoms with Crippen molar-refractivity contribution in [3.63, 3.8) is 0 Å². The molecule has 0 bridgehead atoms. The summed E-state index contributed by atoms with van der Waals surface area (Å²) in [4.78, 5) is 2.52. The van der Waals surface area contributed by atoms with Gasteiger partial charge in [0.15, 0.2) is 0 Å². The molecule has 0 radical (unpaired) electrons. The van der Waals surface area contributed by atoms with Crippen LogP contribution in [0.3, 0.4) is 0 Å². The molecule has 3 nitrogen and oxygen atoms in total. The fourth-order valence-corrected chi connectivity index (χ4v) is 2.66. The van der Waals surface area contributed by atoms with Gasteiger partial charge in [-0.3, -0.25) is 4.90 Å². The Balaban J connectivity index is 1.82. The molecule has 1 aromatic carbocycles. The number of likely N-dealkylation sites (tertiary alicyclic amines) is 1. The summed E-state index contributed by atoms with van der Waals surface area (Å²) in [5, 5.41) is 0. The number of hydrogen-bond donors (Lipinski definition) is 1. The minimum Gasteiger partial charge on any atom is -0.384 e. The van der Waals surface area contributed by atoms with Crippen LogP contribution in [0, 0.1) is 5.92 Å². The van der Waals surface area contributed by atoms with Crippen molar-refractivity contribution in [3.05, 3.63) is 35.4 Å². The van der Waals surface area contributed by atoms with E-state index in [0.29, 0.717) is 5.92 Å². The number of methoxy groups -OCH3 is 1. The first-order chi connectivity index (χ1) is 8.81. The Morgan fingerprint density at radius 1 is 1.28 bits per heavy atom. The maximum absolute atomic E-state index is 5.55. The first-order valence-corrected chi connectivity index (χ1v) is 6.81. The number of ether oxygens (including phenoxy) is 1. The molecule has 1 saturated heterocycles. The first kappa shape index (κ1) is 13.5. The van der Waals surface area contributed by atoms with E-state index in [1.807, 2.05) is 0 Å². The maximum Gasteiger partial charge on any atom is 0.0503 e. The lowest BCUT2D eigenvalue weighted by Gasteiger charge is -2.16. The van der Waals surface area contributed by atoms with Crippen molar-refractivity contribution in [1.29, 1.82) is 0 Å². The van der Waals surface area contributed by atoms with Gasteiger partial charge >= 0.3 is 0 Å². The second kappa shape index (κ2) is 6.88. The topological polar surface area (TPSA) is 38.5 Å². The van der Waals surface area contributed by atoms with Gasteiger partial charge in [0.1, 0.15) is 0 Å². The molecular formula is C15H24N2O. The Hall–Kier alpha value is -0.900. The smallest absolute Gasteiger partial charge is 0.0503 e. The third kappa shape index (κ3) is 3.80. The van der Waals surface area contributed by atoms with Crippen LogP contribution in [0.5, 0.6) is 0 Å². The summed E-state index contributed by atoms with van der Waals surface area (Å²) in [6.07, 6.45) is 2.24. The quantitative estimate of drug-likeness (QED) is 0.832. The standard InChI is InChI=1S/C15H24N2O/c1-18-12-15-7-9-17(11-15)10-14-4-2-13(3-5-14)6-8-16/h2-5,15H,6-12,16H2,1H3. The van der Waals surface area contributed by atoms with E-state index in [1.165, 1.54) is 30.6 Å². The van der Waals surface area contributed by atoms with Crippen molar-refractivity contribution in [2.75, 3.05) is 33.4 Å². The van der Waals surface area contributed by atoms with Crippen LogP contribution >= 0.6 is 0 Å². The Bertz CT molecular complexity index is 350. The van der Waals surface area contributed by atoms with Crippen molar-refractivity contribution in [2.24, 2.45) is 11.7 Å². The van der Waals surface area contributed by atoms with Crippen molar-refractivity contribution >= 4 is 0 Å². The molecule has 0 aromatic heterocycles. The van der Waals surface area contributed by atoms with Gasteiger partial charge in [0.05, 0.1) is 6.61 Å². The van der Waals surface area contributed by atoms with Crippen LogP contribution in [0.15, 0.2) is 24.3 Å². The predicted molar refractivity (Wildman–Crippen MR) is 74.5 cm³/mol. The van der Waals surface area contributed by atoms with E-state index in [1.54, 1.807) is 7.11 Å². The molecule has 1 fully saturated rings. The SMILES string of the molecule is COCC1CCN(Cc2ccc(CCN)cc2)C1. The number of hydrogen-bond acceptors (Lipinski definition) is 3. The summed E-state index contributed by atoms with van der Waals surface area (Å²) in [7, 11) is 1.79. The van der Waals surface area contributed by atoms with Crippen LogP contribution in [0.25, 0.3) is 0 Å². The molecule has 0 aliphatic carbocycles. The lowest BCUT2D eigenvalue weighted by Crippen LogP contribution is -2.21. The monoisotopic (exact) mass is 248 g/mol. The molecule has 100 valence electrons. The molecule has 0 saturated carbocycles. The van der Waals surface area contributed by atoms with Gasteiger partial charge < -0.3 is 10.5 Å². The van der Waals surface area contributed by atoms with Gasteiger partial charge in [-0.15, -0.1) is 0 Å². The van der Waals surface area contributed by atoms with E-state index >= 15 is 0 Å². The van der Waals surface area contributed by atoms with Gasteiger partial charge in [-0.05, 0) is 43.0 Å². The summed E-state index contributed by atoms with van der Waals surface area (Å²) in [5.74, 6) is 0.714. The third-order valence-corrected chi connectivity index (χ3v) is 3.63. The average Bonchev–Trinajstić information content (AvgIpc) is 2.80. The summed E-state index contributed by atoms with van der Waals surface area (Å²) < 4.78 is 5.23. The number of nitrogens with zero attached hydrogens (tertiary/aromatic N) is 1. The van der Waals surface area contributed by atoms with E-state index in [-0.39, 0.29) is 0 Å². The van der Waals surface area contributed by atoms with Gasteiger partial charge in [0.25, 0.3) is 0 Å². The molecule has 1 aliphatic rings. The summed E-state index contributed by atoms with van der Waals surface area (Å²) >= 11 is 0. The van der Waals surface area contributed by atoms with Crippen LogP contribution in [-0.2, 0) is 17.7 Å². The van der Waals surface area contributed by atoms with Gasteiger partial charge in [0, 0.05) is 20.2 Å². The molecule has 2 N–H and O–H groups in total. The van der Waals surface area contributed by atoms with E-state index in [4.69, 9.17) is 10.5 Å². The summed E-state index contributed by atoms with van der Waals surface area (Å²) in [5.41, 5.74) is 8.28. The average molecular weight is 248 g/mol. The number of nitrogens with two attached hydrogens (primary N) is 1. The van der Waals surface area contributed by atoms with E-state index in [0.717, 1.165) is 26.1 Å². The molecule has 18 heavy (non-hydrogen) atoms. The van der Waals surface area contributed by atoms with Crippen LogP contribution < -0.4 is 5.73 Å². The van der Waals surface area contributed by atoms with Gasteiger partial charge in [-0.1, -0.05) is 24.3 Å². The fourth-order valence-electron chi connectivity index (χ4n) is 2.66. The Kier molecular flexibility index (Phi) is 5.17. The van der Waals surface area contributed by atoms with Gasteiger partial charge in [0.2, 0.25) is 0 Å². The molecule has 0 spiro atoms. The number of benzene rings is 1. The molecular weight excluding hydrogens is 224 g/mol. The first-order valence-electron chi connectivity index (χ1n) is 6.81. The van der Waals surface area contributed by atoms with Gasteiger partial charge in [-0.2, -0.15) is 0 Å². The minimum atomic E-state index is 0.714. The van der Waals surface area contributed by atoms with Crippen LogP contribution in [0.2, 0.25) is 0 Å². The van der Waals surface area contributed by atoms with E-state index in [9.17, 15) is 0 Å². The van der Waals surface area contributed by atoms with Gasteiger partial charge in [-0.25, -0.2) is 0 Å². The largest absolute Gasteiger partial charge is 0.384 e. The molecule has 1 aliphatic heterocycles. The molecule has 1 unspecified atom stereocenters. The molecule has 1 aromatic rings. The lowest BCUT2D eigenvalue weighted by molar-refractivity contribution is 0.152. The van der Waals surface area contributed by atoms with Crippen molar-refractivity contribution in [2.45, 2.75) is 19.4 Å². The summed E-state index contributed by atoms with van der Waals surface area (Å²) in [6, 6.07) is 8.86. The molecule has 1 heterocycles. The Morgan fingerprint density at radius 2 is 2.00 bits per heavy atom. The molecule has 0 amide bonds. The molecule has 3 heteroatoms. The van der Waals surface area contributed by atoms with Crippen molar-refractivity contribution in [3.8, 4) is 0 Å². The van der Waals surface area contributed by atoms with Crippen LogP contribution in [0.1, 0.15) is 17.5 Å². The van der Waals surface area contributed by atoms with E-state index in [2.05, 4.69) is 29.2 Å². The van der Waals surface area contributed by atoms with Crippen LogP contribution in [0.4, 0.5) is 0 Å². The zero-order valence-corrected chi connectivity index (χ0v) is 11.3. The highest BCUT2D eigenvalue weighted by Crippen LogP contribution is 2.19. The summed E-state index contributed by atoms with van der Waals surface area (Å²) in [6.45, 7) is 5.04. The minimum absolute atomic E-state index is 0.714. The van der Waals surface area contributed by atoms with Crippen LogP contribution in [-0.4, -0.2) is 38.3 Å². The van der Waals surface area contributed by atoms with Crippen molar-refractivity contribution in [1.82, 2.24) is 4.90 Å². The Morgan fingerprint density at radius 3 is 2.67 bits per heavy atom. The molecule has 2 rings (SSSR count). The Labute approximate surface area is 110 Å². The third-order valence-electron chi connectivity index (χ3n) is 3.63. The highest BCUT2D eigenvalue weighted by Gasteiger charge is 2.21. The highest BCUT2D eigenvalue weighted by atomic mass is 16.5. The zero-order valence-electron chi connectivity index (χ0n) is 11.3. The number of rotatable bonds is 6. The maximum atomic E-state index is 5.55. The fraction of sp³-hybridized carbons (Fsp3) is 0.600. The molecule has 1 atom stereocenters.